The normalized spacial score (nSPS) is 12.8. The van der Waals surface area contributed by atoms with Crippen LogP contribution in [0.2, 0.25) is 5.02 Å². The lowest BCUT2D eigenvalue weighted by Crippen LogP contribution is -2.46. The monoisotopic (exact) mass is 345 g/mol. The zero-order valence-corrected chi connectivity index (χ0v) is 12.6. The van der Waals surface area contributed by atoms with Gasteiger partial charge in [0.1, 0.15) is 12.3 Å². The lowest BCUT2D eigenvalue weighted by Gasteiger charge is -2.15. The van der Waals surface area contributed by atoms with Crippen molar-refractivity contribution in [2.45, 2.75) is 10.9 Å². The highest BCUT2D eigenvalue weighted by Crippen LogP contribution is 2.14. The van der Waals surface area contributed by atoms with Crippen molar-refractivity contribution in [1.29, 1.82) is 0 Å². The highest BCUT2D eigenvalue weighted by Gasteiger charge is 2.25. The van der Waals surface area contributed by atoms with Crippen LogP contribution in [0.4, 0.5) is 5.82 Å². The fraction of sp³-hybridized carbons (Fsp3) is 0.167. The summed E-state index contributed by atoms with van der Waals surface area (Å²) < 4.78 is 30.9. The molecule has 8 nitrogen and oxygen atoms in total. The molecule has 0 spiro atoms. The number of anilines is 1. The summed E-state index contributed by atoms with van der Waals surface area (Å²) in [6, 6.07) is 5.37. The van der Waals surface area contributed by atoms with Gasteiger partial charge in [0.05, 0.1) is 11.5 Å². The topological polar surface area (TPSA) is 122 Å². The summed E-state index contributed by atoms with van der Waals surface area (Å²) in [7, 11) is -3.99. The van der Waals surface area contributed by atoms with Gasteiger partial charge in [-0.3, -0.25) is 4.79 Å². The van der Waals surface area contributed by atoms with Crippen LogP contribution in [0.1, 0.15) is 0 Å². The number of hydrogen-bond acceptors (Lipinski definition) is 6. The van der Waals surface area contributed by atoms with E-state index < -0.39 is 28.6 Å². The number of aromatic nitrogens is 1. The van der Waals surface area contributed by atoms with Gasteiger partial charge < -0.3 is 14.9 Å². The van der Waals surface area contributed by atoms with Crippen LogP contribution in [-0.4, -0.2) is 37.2 Å². The summed E-state index contributed by atoms with van der Waals surface area (Å²) >= 11 is 5.69. The Kier molecular flexibility index (Phi) is 5.14. The first-order valence-electron chi connectivity index (χ1n) is 6.02. The van der Waals surface area contributed by atoms with Crippen molar-refractivity contribution >= 4 is 33.3 Å². The summed E-state index contributed by atoms with van der Waals surface area (Å²) in [6.07, 6.45) is 1.24. The van der Waals surface area contributed by atoms with Crippen LogP contribution in [0.5, 0.6) is 0 Å². The van der Waals surface area contributed by atoms with Gasteiger partial charge in [-0.15, -0.1) is 0 Å². The molecule has 2 aromatic rings. The van der Waals surface area contributed by atoms with Gasteiger partial charge in [-0.25, -0.2) is 8.42 Å². The van der Waals surface area contributed by atoms with E-state index in [1.54, 1.807) is 0 Å². The maximum Gasteiger partial charge on any atom is 0.246 e. The number of nitrogens with one attached hydrogen (secondary N) is 2. The lowest BCUT2D eigenvalue weighted by atomic mass is 10.3. The van der Waals surface area contributed by atoms with Crippen molar-refractivity contribution in [3.63, 3.8) is 0 Å². The highest BCUT2D eigenvalue weighted by atomic mass is 35.5. The number of carbonyl (C=O) groups is 1. The summed E-state index contributed by atoms with van der Waals surface area (Å²) in [5, 5.41) is 15.4. The van der Waals surface area contributed by atoms with E-state index in [9.17, 15) is 18.3 Å². The number of hydrogen-bond donors (Lipinski definition) is 3. The van der Waals surface area contributed by atoms with Crippen LogP contribution in [0.25, 0.3) is 0 Å². The Hall–Kier alpha value is -1.94. The number of halogens is 1. The first-order chi connectivity index (χ1) is 10.4. The number of sulfonamides is 1. The lowest BCUT2D eigenvalue weighted by molar-refractivity contribution is -0.118. The first kappa shape index (κ1) is 16.4. The molecular formula is C12H12ClN3O5S. The SMILES string of the molecule is O=C(Nc1ccon1)[C@H](CO)NS(=O)(=O)c1ccc(Cl)cc1. The van der Waals surface area contributed by atoms with E-state index in [1.807, 2.05) is 0 Å². The van der Waals surface area contributed by atoms with Crippen LogP contribution in [0, 0.1) is 0 Å². The van der Waals surface area contributed by atoms with E-state index in [4.69, 9.17) is 11.6 Å². The molecule has 0 aliphatic rings. The molecule has 0 aliphatic carbocycles. The minimum atomic E-state index is -3.99. The van der Waals surface area contributed by atoms with Crippen LogP contribution in [0.3, 0.4) is 0 Å². The van der Waals surface area contributed by atoms with Crippen molar-refractivity contribution in [2.24, 2.45) is 0 Å². The zero-order chi connectivity index (χ0) is 16.2. The quantitative estimate of drug-likeness (QED) is 0.705. The van der Waals surface area contributed by atoms with E-state index in [1.165, 1.54) is 36.6 Å². The highest BCUT2D eigenvalue weighted by molar-refractivity contribution is 7.89. The van der Waals surface area contributed by atoms with E-state index >= 15 is 0 Å². The molecule has 1 heterocycles. The molecular weight excluding hydrogens is 334 g/mol. The van der Waals surface area contributed by atoms with Gasteiger partial charge >= 0.3 is 0 Å². The Balaban J connectivity index is 2.11. The largest absolute Gasteiger partial charge is 0.394 e. The van der Waals surface area contributed by atoms with E-state index in [2.05, 4.69) is 19.7 Å². The second kappa shape index (κ2) is 6.88. The minimum Gasteiger partial charge on any atom is -0.394 e. The zero-order valence-electron chi connectivity index (χ0n) is 11.1. The number of benzene rings is 1. The van der Waals surface area contributed by atoms with Crippen molar-refractivity contribution in [2.75, 3.05) is 11.9 Å². The third-order valence-electron chi connectivity index (χ3n) is 2.61. The van der Waals surface area contributed by atoms with Crippen LogP contribution >= 0.6 is 11.6 Å². The second-order valence-electron chi connectivity index (χ2n) is 4.18. The van der Waals surface area contributed by atoms with Gasteiger partial charge in [0.2, 0.25) is 15.9 Å². The molecule has 2 rings (SSSR count). The molecule has 1 aromatic heterocycles. The van der Waals surface area contributed by atoms with Crippen LogP contribution in [-0.2, 0) is 14.8 Å². The number of aliphatic hydroxyl groups is 1. The third-order valence-corrected chi connectivity index (χ3v) is 4.35. The van der Waals surface area contributed by atoms with E-state index in [0.717, 1.165) is 0 Å². The molecule has 0 fully saturated rings. The van der Waals surface area contributed by atoms with Crippen molar-refractivity contribution in [1.82, 2.24) is 9.88 Å². The van der Waals surface area contributed by atoms with Crippen molar-refractivity contribution in [3.8, 4) is 0 Å². The average Bonchev–Trinajstić information content (AvgIpc) is 2.98. The Morgan fingerprint density at radius 2 is 2.00 bits per heavy atom. The Morgan fingerprint density at radius 1 is 1.32 bits per heavy atom. The molecule has 0 saturated heterocycles. The van der Waals surface area contributed by atoms with Gasteiger partial charge in [-0.05, 0) is 24.3 Å². The van der Waals surface area contributed by atoms with Gasteiger partial charge in [-0.1, -0.05) is 16.8 Å². The second-order valence-corrected chi connectivity index (χ2v) is 6.33. The predicted octanol–water partition coefficient (Wildman–Crippen LogP) is 0.606. The Morgan fingerprint density at radius 3 is 2.55 bits per heavy atom. The number of rotatable bonds is 6. The maximum absolute atomic E-state index is 12.1. The summed E-state index contributed by atoms with van der Waals surface area (Å²) in [6.45, 7) is -0.726. The van der Waals surface area contributed by atoms with Gasteiger partial charge in [0.15, 0.2) is 5.82 Å². The molecule has 1 aromatic carbocycles. The summed E-state index contributed by atoms with van der Waals surface area (Å²) in [5.74, 6) is -0.664. The number of amides is 1. The van der Waals surface area contributed by atoms with E-state index in [-0.39, 0.29) is 10.7 Å². The molecule has 118 valence electrons. The van der Waals surface area contributed by atoms with Crippen molar-refractivity contribution in [3.05, 3.63) is 41.6 Å². The van der Waals surface area contributed by atoms with Crippen molar-refractivity contribution < 1.29 is 22.8 Å². The molecule has 0 saturated carbocycles. The molecule has 1 atom stereocenters. The molecule has 0 unspecified atom stereocenters. The van der Waals surface area contributed by atoms with Crippen LogP contribution < -0.4 is 10.0 Å². The summed E-state index contributed by atoms with van der Waals surface area (Å²) in [5.41, 5.74) is 0. The molecule has 10 heteroatoms. The fourth-order valence-corrected chi connectivity index (χ4v) is 2.85. The predicted molar refractivity (Wildman–Crippen MR) is 77.8 cm³/mol. The molecule has 1 amide bonds. The Labute approximate surface area is 131 Å². The number of nitrogens with zero attached hydrogens (tertiary/aromatic N) is 1. The fourth-order valence-electron chi connectivity index (χ4n) is 1.53. The molecule has 0 aliphatic heterocycles. The Bertz CT molecular complexity index is 731. The third kappa shape index (κ3) is 4.04. The van der Waals surface area contributed by atoms with Gasteiger partial charge in [0, 0.05) is 11.1 Å². The first-order valence-corrected chi connectivity index (χ1v) is 7.88. The van der Waals surface area contributed by atoms with Gasteiger partial charge in [0.25, 0.3) is 0 Å². The number of aliphatic hydroxyl groups excluding tert-OH is 1. The van der Waals surface area contributed by atoms with Gasteiger partial charge in [-0.2, -0.15) is 4.72 Å². The smallest absolute Gasteiger partial charge is 0.246 e. The average molecular weight is 346 g/mol. The number of carbonyl (C=O) groups excluding carboxylic acids is 1. The maximum atomic E-state index is 12.1. The minimum absolute atomic E-state index is 0.0791. The van der Waals surface area contributed by atoms with Crippen LogP contribution in [0.15, 0.2) is 46.0 Å². The van der Waals surface area contributed by atoms with E-state index in [0.29, 0.717) is 5.02 Å². The molecule has 3 N–H and O–H groups in total. The molecule has 22 heavy (non-hydrogen) atoms. The summed E-state index contributed by atoms with van der Waals surface area (Å²) in [4.78, 5) is 11.8. The molecule has 0 bridgehead atoms. The molecule has 0 radical (unpaired) electrons. The standard InChI is InChI=1S/C12H12ClN3O5S/c13-8-1-3-9(4-2-8)22(19,20)16-10(7-17)12(18)14-11-5-6-21-15-11/h1-6,10,16-17H,7H2,(H,14,15,18)/t10-/m0/s1.